The molecule has 1 saturated carbocycles. The van der Waals surface area contributed by atoms with E-state index >= 15 is 0 Å². The molecule has 3 aromatic rings. The van der Waals surface area contributed by atoms with Crippen LogP contribution in [0.25, 0.3) is 0 Å². The topological polar surface area (TPSA) is 136 Å². The highest BCUT2D eigenvalue weighted by molar-refractivity contribution is 6.02. The largest absolute Gasteiger partial charge is 0.382 e. The number of aromatic nitrogens is 1. The number of piperidine rings is 1. The van der Waals surface area contributed by atoms with E-state index in [1.165, 1.54) is 5.69 Å². The van der Waals surface area contributed by atoms with Crippen molar-refractivity contribution in [3.05, 3.63) is 83.0 Å². The first-order valence-corrected chi connectivity index (χ1v) is 17.8. The van der Waals surface area contributed by atoms with Gasteiger partial charge in [0, 0.05) is 73.5 Å². The van der Waals surface area contributed by atoms with Crippen LogP contribution in [0.2, 0.25) is 0 Å². The van der Waals surface area contributed by atoms with Crippen molar-refractivity contribution in [1.29, 1.82) is 0 Å². The summed E-state index contributed by atoms with van der Waals surface area (Å²) < 4.78 is 0. The second-order valence-electron chi connectivity index (χ2n) is 14.3. The summed E-state index contributed by atoms with van der Waals surface area (Å²) in [5.41, 5.74) is 9.99. The number of likely N-dealkylation sites (N-methyl/N-ethyl adjacent to an activating group) is 1. The third kappa shape index (κ3) is 7.22. The predicted octanol–water partition coefficient (Wildman–Crippen LogP) is 4.32. The van der Waals surface area contributed by atoms with E-state index in [2.05, 4.69) is 62.0 Å². The fraction of sp³-hybridized carbons (Fsp3) is 0.474. The van der Waals surface area contributed by atoms with Gasteiger partial charge < -0.3 is 36.4 Å². The number of pyridine rings is 1. The van der Waals surface area contributed by atoms with E-state index < -0.39 is 5.91 Å². The number of fused-ring (bicyclic) bond motifs is 2. The van der Waals surface area contributed by atoms with Crippen LogP contribution in [0.5, 0.6) is 0 Å². The second kappa shape index (κ2) is 14.1. The number of rotatable bonds is 10. The van der Waals surface area contributed by atoms with Crippen molar-refractivity contribution in [3.8, 4) is 0 Å². The number of benzene rings is 2. The number of hydrogen-bond donors (Lipinski definition) is 4. The molecule has 258 valence electrons. The van der Waals surface area contributed by atoms with Gasteiger partial charge in [0.25, 0.3) is 17.7 Å². The summed E-state index contributed by atoms with van der Waals surface area (Å²) in [5.74, 6) is 0.0836. The minimum absolute atomic E-state index is 0.0438. The molecule has 3 amide bonds. The first-order chi connectivity index (χ1) is 23.7. The molecule has 4 aliphatic rings. The van der Waals surface area contributed by atoms with Crippen LogP contribution >= 0.6 is 0 Å². The predicted molar refractivity (Wildman–Crippen MR) is 192 cm³/mol. The highest BCUT2D eigenvalue weighted by atomic mass is 16.2. The molecule has 11 heteroatoms. The zero-order valence-corrected chi connectivity index (χ0v) is 28.5. The molecule has 49 heavy (non-hydrogen) atoms. The Labute approximate surface area is 288 Å². The van der Waals surface area contributed by atoms with Crippen LogP contribution in [-0.2, 0) is 0 Å². The van der Waals surface area contributed by atoms with Crippen molar-refractivity contribution in [2.24, 2.45) is 5.73 Å². The summed E-state index contributed by atoms with van der Waals surface area (Å²) in [7, 11) is 2.16. The molecule has 5 N–H and O–H groups in total. The van der Waals surface area contributed by atoms with Gasteiger partial charge in [0.15, 0.2) is 0 Å². The van der Waals surface area contributed by atoms with E-state index in [9.17, 15) is 14.4 Å². The second-order valence-corrected chi connectivity index (χ2v) is 14.3. The Morgan fingerprint density at radius 1 is 0.837 bits per heavy atom. The molecule has 11 nitrogen and oxygen atoms in total. The molecule has 3 saturated heterocycles. The van der Waals surface area contributed by atoms with Crippen molar-refractivity contribution in [2.45, 2.75) is 82.1 Å². The number of amides is 3. The van der Waals surface area contributed by atoms with Crippen LogP contribution < -0.4 is 31.5 Å². The number of hydrogen-bond acceptors (Lipinski definition) is 8. The normalized spacial score (nSPS) is 23.0. The van der Waals surface area contributed by atoms with Gasteiger partial charge in [-0.15, -0.1) is 0 Å². The quantitative estimate of drug-likeness (QED) is 0.252. The maximum atomic E-state index is 13.3. The lowest BCUT2D eigenvalue weighted by molar-refractivity contribution is 0.0922. The van der Waals surface area contributed by atoms with Crippen molar-refractivity contribution in [1.82, 2.24) is 20.5 Å². The molecule has 1 aromatic heterocycles. The van der Waals surface area contributed by atoms with Gasteiger partial charge in [0.1, 0.15) is 5.82 Å². The summed E-state index contributed by atoms with van der Waals surface area (Å²) in [6.45, 7) is 6.18. The van der Waals surface area contributed by atoms with Gasteiger partial charge in [-0.2, -0.15) is 0 Å². The van der Waals surface area contributed by atoms with Crippen LogP contribution in [0.15, 0.2) is 60.8 Å². The lowest BCUT2D eigenvalue weighted by Crippen LogP contribution is -2.50. The molecule has 7 rings (SSSR count). The van der Waals surface area contributed by atoms with Gasteiger partial charge in [-0.1, -0.05) is 12.1 Å². The third-order valence-corrected chi connectivity index (χ3v) is 11.0. The Balaban J connectivity index is 0.932. The Morgan fingerprint density at radius 2 is 1.53 bits per heavy atom. The van der Waals surface area contributed by atoms with Crippen LogP contribution in [0, 0.1) is 0 Å². The molecule has 0 spiro atoms. The summed E-state index contributed by atoms with van der Waals surface area (Å²) >= 11 is 0. The van der Waals surface area contributed by atoms with Crippen LogP contribution in [0.4, 0.5) is 17.2 Å². The smallest absolute Gasteiger partial charge is 0.253 e. The summed E-state index contributed by atoms with van der Waals surface area (Å²) in [6, 6.07) is 18.1. The highest BCUT2D eigenvalue weighted by Crippen LogP contribution is 2.39. The molecular formula is C38H48N8O3. The number of carbonyl (C=O) groups is 3. The van der Waals surface area contributed by atoms with Gasteiger partial charge in [-0.05, 0) is 107 Å². The molecule has 0 radical (unpaired) electrons. The maximum Gasteiger partial charge on any atom is 0.253 e. The molecule has 3 atom stereocenters. The number of carbonyl (C=O) groups excluding carboxylic acids is 3. The summed E-state index contributed by atoms with van der Waals surface area (Å²) in [6.07, 6.45) is 8.65. The molecule has 4 heterocycles. The average Bonchev–Trinajstić information content (AvgIpc) is 3.36. The number of piperazine rings is 1. The lowest BCUT2D eigenvalue weighted by Gasteiger charge is -2.40. The van der Waals surface area contributed by atoms with Gasteiger partial charge in [-0.3, -0.25) is 14.4 Å². The van der Waals surface area contributed by atoms with E-state index in [0.29, 0.717) is 28.4 Å². The molecule has 1 aliphatic carbocycles. The van der Waals surface area contributed by atoms with Crippen molar-refractivity contribution in [2.75, 3.05) is 48.3 Å². The first-order valence-electron chi connectivity index (χ1n) is 17.8. The van der Waals surface area contributed by atoms with E-state index in [1.54, 1.807) is 24.4 Å². The highest BCUT2D eigenvalue weighted by Gasteiger charge is 2.42. The minimum atomic E-state index is -0.503. The molecule has 2 aromatic carbocycles. The fourth-order valence-corrected chi connectivity index (χ4v) is 7.80. The number of nitrogens with zero attached hydrogens (tertiary/aromatic N) is 4. The molecule has 2 bridgehead atoms. The Kier molecular flexibility index (Phi) is 9.44. The standard InChI is InChI=1S/C38H48N8O3/c1-24(25-6-10-30(11-7-25)45-18-16-44(2)17-19-45)41-38(49)27-9-15-35(40-23-27)46-31-12-13-32(46)22-29(21-31)43-37(48)26-8-14-33(36(39)47)34(20-26)42-28-4-3-5-28/h6-11,14-15,20,23-24,28-29,31-32,42H,3-5,12-13,16-19,21-22H2,1-2H3,(H2,39,47)(H,41,49)(H,43,48)/t24-,29?,31?,32?/m0/s1. The summed E-state index contributed by atoms with van der Waals surface area (Å²) in [5, 5.41) is 9.78. The fourth-order valence-electron chi connectivity index (χ4n) is 7.80. The van der Waals surface area contributed by atoms with Gasteiger partial charge in [0.05, 0.1) is 17.2 Å². The maximum absolute atomic E-state index is 13.3. The number of anilines is 3. The Bertz CT molecular complexity index is 1650. The number of nitrogens with one attached hydrogen (secondary N) is 3. The summed E-state index contributed by atoms with van der Waals surface area (Å²) in [4.78, 5) is 50.4. The van der Waals surface area contributed by atoms with E-state index in [-0.39, 0.29) is 36.0 Å². The lowest BCUT2D eigenvalue weighted by atomic mass is 9.92. The van der Waals surface area contributed by atoms with Gasteiger partial charge >= 0.3 is 0 Å². The van der Waals surface area contributed by atoms with Crippen molar-refractivity contribution in [3.63, 3.8) is 0 Å². The first kappa shape index (κ1) is 32.9. The van der Waals surface area contributed by atoms with E-state index in [1.807, 2.05) is 19.1 Å². The Morgan fingerprint density at radius 3 is 2.14 bits per heavy atom. The van der Waals surface area contributed by atoms with Crippen LogP contribution in [0.1, 0.15) is 94.5 Å². The Hall–Kier alpha value is -4.64. The van der Waals surface area contributed by atoms with Crippen LogP contribution in [-0.4, -0.2) is 85.0 Å². The average molecular weight is 665 g/mol. The monoisotopic (exact) mass is 664 g/mol. The van der Waals surface area contributed by atoms with Crippen molar-refractivity contribution < 1.29 is 14.4 Å². The van der Waals surface area contributed by atoms with Crippen LogP contribution in [0.3, 0.4) is 0 Å². The molecular weight excluding hydrogens is 616 g/mol. The third-order valence-electron chi connectivity index (χ3n) is 11.0. The van der Waals surface area contributed by atoms with E-state index in [0.717, 1.165) is 82.5 Å². The van der Waals surface area contributed by atoms with Gasteiger partial charge in [-0.25, -0.2) is 4.98 Å². The number of nitrogens with two attached hydrogens (primary N) is 1. The SMILES string of the molecule is C[C@H](NC(=O)c1ccc(N2C3CCC2CC(NC(=O)c2ccc(C(N)=O)c(NC4CCC4)c2)C3)nc1)c1ccc(N2CCN(C)CC2)cc1. The molecule has 4 fully saturated rings. The zero-order valence-electron chi connectivity index (χ0n) is 28.5. The minimum Gasteiger partial charge on any atom is -0.382 e. The van der Waals surface area contributed by atoms with Crippen molar-refractivity contribution >= 4 is 34.9 Å². The molecule has 2 unspecified atom stereocenters. The zero-order chi connectivity index (χ0) is 34.1. The van der Waals surface area contributed by atoms with Gasteiger partial charge in [0.2, 0.25) is 0 Å². The van der Waals surface area contributed by atoms with E-state index in [4.69, 9.17) is 10.7 Å². The molecule has 3 aliphatic heterocycles. The number of primary amides is 1.